The average Bonchev–Trinajstić information content (AvgIpc) is 2.45. The second kappa shape index (κ2) is 6.58. The molecule has 2 aromatic carbocycles. The summed E-state index contributed by atoms with van der Waals surface area (Å²) in [6.07, 6.45) is 0.938. The molecule has 2 N–H and O–H groups in total. The van der Waals surface area contributed by atoms with Gasteiger partial charge in [-0.2, -0.15) is 0 Å². The lowest BCUT2D eigenvalue weighted by atomic mass is 10.00. The van der Waals surface area contributed by atoms with Gasteiger partial charge in [0.2, 0.25) is 0 Å². The zero-order valence-corrected chi connectivity index (χ0v) is 12.4. The Morgan fingerprint density at radius 2 is 1.85 bits per heavy atom. The van der Waals surface area contributed by atoms with Gasteiger partial charge < -0.3 is 10.4 Å². The summed E-state index contributed by atoms with van der Waals surface area (Å²) in [5.41, 5.74) is 3.51. The summed E-state index contributed by atoms with van der Waals surface area (Å²) in [5, 5.41) is 13.6. The zero-order valence-electron chi connectivity index (χ0n) is 12.4. The van der Waals surface area contributed by atoms with E-state index in [1.807, 2.05) is 18.2 Å². The van der Waals surface area contributed by atoms with Crippen molar-refractivity contribution in [2.75, 3.05) is 0 Å². The fourth-order valence-electron chi connectivity index (χ4n) is 2.55. The maximum absolute atomic E-state index is 10.00. The van der Waals surface area contributed by atoms with Crippen LogP contribution in [0.25, 0.3) is 0 Å². The van der Waals surface area contributed by atoms with Crippen molar-refractivity contribution in [2.45, 2.75) is 39.3 Å². The smallest absolute Gasteiger partial charge is 0.120 e. The van der Waals surface area contributed by atoms with E-state index in [0.29, 0.717) is 5.75 Å². The summed E-state index contributed by atoms with van der Waals surface area (Å²) in [6.45, 7) is 6.40. The first-order chi connectivity index (χ1) is 9.61. The molecular weight excluding hydrogens is 246 g/mol. The molecule has 2 nitrogen and oxygen atoms in total. The summed E-state index contributed by atoms with van der Waals surface area (Å²) < 4.78 is 0. The standard InChI is InChI=1S/C18H23NO/c1-4-17(16-10-5-6-11-18(16)20)19-14(3)15-9-7-8-13(2)12-15/h5-12,14,17,19-20H,4H2,1-3H3/t14-,17?/m1/s1. The Morgan fingerprint density at radius 3 is 2.50 bits per heavy atom. The summed E-state index contributed by atoms with van der Waals surface area (Å²) in [7, 11) is 0. The molecule has 2 rings (SSSR count). The van der Waals surface area contributed by atoms with Crippen LogP contribution < -0.4 is 5.32 Å². The molecule has 2 atom stereocenters. The van der Waals surface area contributed by atoms with Crippen molar-refractivity contribution < 1.29 is 5.11 Å². The van der Waals surface area contributed by atoms with E-state index in [1.165, 1.54) is 11.1 Å². The molecule has 0 saturated heterocycles. The molecule has 2 aromatic rings. The summed E-state index contributed by atoms with van der Waals surface area (Å²) in [6, 6.07) is 16.5. The van der Waals surface area contributed by atoms with Gasteiger partial charge in [0.05, 0.1) is 0 Å². The van der Waals surface area contributed by atoms with E-state index in [1.54, 1.807) is 6.07 Å². The minimum absolute atomic E-state index is 0.159. The van der Waals surface area contributed by atoms with Crippen LogP contribution in [0.3, 0.4) is 0 Å². The Hall–Kier alpha value is -1.80. The predicted octanol–water partition coefficient (Wildman–Crippen LogP) is 4.50. The first-order valence-corrected chi connectivity index (χ1v) is 7.22. The first-order valence-electron chi connectivity index (χ1n) is 7.22. The lowest BCUT2D eigenvalue weighted by Gasteiger charge is -2.24. The number of aryl methyl sites for hydroxylation is 1. The fourth-order valence-corrected chi connectivity index (χ4v) is 2.55. The van der Waals surface area contributed by atoms with Crippen LogP contribution in [0.5, 0.6) is 5.75 Å². The van der Waals surface area contributed by atoms with Crippen molar-refractivity contribution in [3.63, 3.8) is 0 Å². The Morgan fingerprint density at radius 1 is 1.10 bits per heavy atom. The summed E-state index contributed by atoms with van der Waals surface area (Å²) in [4.78, 5) is 0. The minimum Gasteiger partial charge on any atom is -0.508 e. The topological polar surface area (TPSA) is 32.3 Å². The van der Waals surface area contributed by atoms with Crippen LogP contribution in [-0.2, 0) is 0 Å². The van der Waals surface area contributed by atoms with Gasteiger partial charge in [0.25, 0.3) is 0 Å². The minimum atomic E-state index is 0.159. The maximum atomic E-state index is 10.00. The number of hydrogen-bond acceptors (Lipinski definition) is 2. The third-order valence-corrected chi connectivity index (χ3v) is 3.71. The number of para-hydroxylation sites is 1. The molecule has 20 heavy (non-hydrogen) atoms. The van der Waals surface area contributed by atoms with Crippen LogP contribution in [0.1, 0.15) is 49.0 Å². The number of rotatable bonds is 5. The highest BCUT2D eigenvalue weighted by molar-refractivity contribution is 5.35. The Kier molecular flexibility index (Phi) is 4.80. The maximum Gasteiger partial charge on any atom is 0.120 e. The van der Waals surface area contributed by atoms with Gasteiger partial charge in [0.15, 0.2) is 0 Å². The molecular formula is C18H23NO. The molecule has 0 aliphatic rings. The van der Waals surface area contributed by atoms with Gasteiger partial charge in [-0.25, -0.2) is 0 Å². The van der Waals surface area contributed by atoms with Crippen LogP contribution in [0.2, 0.25) is 0 Å². The Balaban J connectivity index is 2.16. The number of hydrogen-bond donors (Lipinski definition) is 2. The molecule has 0 aliphatic carbocycles. The van der Waals surface area contributed by atoms with Crippen molar-refractivity contribution in [3.05, 3.63) is 65.2 Å². The van der Waals surface area contributed by atoms with Crippen LogP contribution in [0, 0.1) is 6.92 Å². The quantitative estimate of drug-likeness (QED) is 0.837. The zero-order chi connectivity index (χ0) is 14.5. The molecule has 0 aromatic heterocycles. The average molecular weight is 269 g/mol. The monoisotopic (exact) mass is 269 g/mol. The van der Waals surface area contributed by atoms with Crippen molar-refractivity contribution in [1.82, 2.24) is 5.32 Å². The lowest BCUT2D eigenvalue weighted by molar-refractivity contribution is 0.419. The molecule has 0 bridgehead atoms. The third-order valence-electron chi connectivity index (χ3n) is 3.71. The highest BCUT2D eigenvalue weighted by atomic mass is 16.3. The molecule has 0 aliphatic heterocycles. The molecule has 0 saturated carbocycles. The highest BCUT2D eigenvalue weighted by Gasteiger charge is 2.16. The van der Waals surface area contributed by atoms with E-state index in [4.69, 9.17) is 0 Å². The molecule has 0 heterocycles. The van der Waals surface area contributed by atoms with Gasteiger partial charge in [-0.1, -0.05) is 55.0 Å². The van der Waals surface area contributed by atoms with Crippen LogP contribution in [-0.4, -0.2) is 5.11 Å². The van der Waals surface area contributed by atoms with Crippen molar-refractivity contribution in [3.8, 4) is 5.75 Å². The van der Waals surface area contributed by atoms with Gasteiger partial charge in [0.1, 0.15) is 5.75 Å². The van der Waals surface area contributed by atoms with Crippen molar-refractivity contribution in [1.29, 1.82) is 0 Å². The van der Waals surface area contributed by atoms with E-state index in [-0.39, 0.29) is 12.1 Å². The first kappa shape index (κ1) is 14.6. The Labute approximate surface area is 121 Å². The number of nitrogens with one attached hydrogen (secondary N) is 1. The van der Waals surface area contributed by atoms with E-state index >= 15 is 0 Å². The number of aromatic hydroxyl groups is 1. The second-order valence-electron chi connectivity index (χ2n) is 5.32. The molecule has 0 radical (unpaired) electrons. The van der Waals surface area contributed by atoms with Gasteiger partial charge in [-0.05, 0) is 31.9 Å². The molecule has 1 unspecified atom stereocenters. The second-order valence-corrected chi connectivity index (χ2v) is 5.32. The highest BCUT2D eigenvalue weighted by Crippen LogP contribution is 2.28. The van der Waals surface area contributed by atoms with E-state index in [0.717, 1.165) is 12.0 Å². The number of benzene rings is 2. The van der Waals surface area contributed by atoms with E-state index in [9.17, 15) is 5.11 Å². The van der Waals surface area contributed by atoms with Crippen LogP contribution in [0.15, 0.2) is 48.5 Å². The lowest BCUT2D eigenvalue weighted by Crippen LogP contribution is -2.24. The SMILES string of the molecule is CCC(N[C@H](C)c1cccc(C)c1)c1ccccc1O. The van der Waals surface area contributed by atoms with Crippen molar-refractivity contribution >= 4 is 0 Å². The molecule has 0 fully saturated rings. The van der Waals surface area contributed by atoms with Crippen LogP contribution >= 0.6 is 0 Å². The molecule has 0 amide bonds. The van der Waals surface area contributed by atoms with E-state index < -0.39 is 0 Å². The summed E-state index contributed by atoms with van der Waals surface area (Å²) >= 11 is 0. The fraction of sp³-hybridized carbons (Fsp3) is 0.333. The largest absolute Gasteiger partial charge is 0.508 e. The van der Waals surface area contributed by atoms with Gasteiger partial charge in [0, 0.05) is 17.6 Å². The number of phenolic OH excluding ortho intramolecular Hbond substituents is 1. The normalized spacial score (nSPS) is 13.9. The van der Waals surface area contributed by atoms with Crippen molar-refractivity contribution in [2.24, 2.45) is 0 Å². The van der Waals surface area contributed by atoms with Crippen LogP contribution in [0.4, 0.5) is 0 Å². The van der Waals surface area contributed by atoms with Gasteiger partial charge >= 0.3 is 0 Å². The molecule has 2 heteroatoms. The molecule has 106 valence electrons. The van der Waals surface area contributed by atoms with E-state index in [2.05, 4.69) is 50.4 Å². The summed E-state index contributed by atoms with van der Waals surface area (Å²) in [5.74, 6) is 0.364. The number of phenols is 1. The third kappa shape index (κ3) is 3.40. The predicted molar refractivity (Wildman–Crippen MR) is 83.9 cm³/mol. The Bertz CT molecular complexity index is 565. The van der Waals surface area contributed by atoms with Gasteiger partial charge in [-0.15, -0.1) is 0 Å². The van der Waals surface area contributed by atoms with Gasteiger partial charge in [-0.3, -0.25) is 0 Å². The molecule has 0 spiro atoms.